The van der Waals surface area contributed by atoms with Gasteiger partial charge in [0.15, 0.2) is 0 Å². The van der Waals surface area contributed by atoms with Gasteiger partial charge in [0.1, 0.15) is 0 Å². The van der Waals surface area contributed by atoms with Crippen molar-refractivity contribution in [2.75, 3.05) is 0 Å². The van der Waals surface area contributed by atoms with Crippen LogP contribution in [0.3, 0.4) is 0 Å². The lowest BCUT2D eigenvalue weighted by molar-refractivity contribution is -0.333. The first kappa shape index (κ1) is 9.87. The largest absolute Gasteiger partial charge is 0.467 e. The van der Waals surface area contributed by atoms with Crippen LogP contribution in [0.5, 0.6) is 0 Å². The van der Waals surface area contributed by atoms with Gasteiger partial charge in [0.05, 0.1) is 0 Å². The molecule has 1 aliphatic heterocycles. The molecule has 1 unspecified atom stereocenters. The maximum Gasteiger partial charge on any atom is 0.467 e. The summed E-state index contributed by atoms with van der Waals surface area (Å²) >= 11 is 1.28. The Labute approximate surface area is 78.7 Å². The fourth-order valence-electron chi connectivity index (χ4n) is 0.559. The molecule has 1 heterocycles. The van der Waals surface area contributed by atoms with Gasteiger partial charge in [-0.3, -0.25) is 0 Å². The Hall–Kier alpha value is -0.210. The third kappa shape index (κ3) is 1.46. The van der Waals surface area contributed by atoms with Gasteiger partial charge in [-0.25, -0.2) is 0 Å². The molecule has 0 amide bonds. The summed E-state index contributed by atoms with van der Waals surface area (Å²) in [6, 6.07) is -1.34. The van der Waals surface area contributed by atoms with Crippen molar-refractivity contribution < 1.29 is 27.0 Å². The molecular formula is C5H3F4IO2. The zero-order valence-corrected chi connectivity index (χ0v) is 7.86. The molecule has 12 heavy (non-hydrogen) atoms. The monoisotopic (exact) mass is 298 g/mol. The van der Waals surface area contributed by atoms with E-state index in [-0.39, 0.29) is 0 Å². The SMILES string of the molecule is CC1(C(F)(F)F)OC(F)=C(I)O1. The van der Waals surface area contributed by atoms with E-state index in [9.17, 15) is 17.6 Å². The van der Waals surface area contributed by atoms with Crippen molar-refractivity contribution in [2.24, 2.45) is 0 Å². The van der Waals surface area contributed by atoms with Crippen LogP contribution >= 0.6 is 22.6 Å². The minimum absolute atomic E-state index is 0.521. The van der Waals surface area contributed by atoms with Gasteiger partial charge >= 0.3 is 18.0 Å². The molecule has 0 fully saturated rings. The van der Waals surface area contributed by atoms with Crippen molar-refractivity contribution >= 4 is 22.6 Å². The number of halogens is 5. The summed E-state index contributed by atoms with van der Waals surface area (Å²) in [6.45, 7) is 0.609. The molecule has 0 saturated heterocycles. The number of rotatable bonds is 0. The molecule has 0 saturated carbocycles. The number of alkyl halides is 3. The Kier molecular flexibility index (Phi) is 2.17. The summed E-state index contributed by atoms with van der Waals surface area (Å²) < 4.78 is 56.0. The van der Waals surface area contributed by atoms with E-state index >= 15 is 0 Å². The Morgan fingerprint density at radius 3 is 2.00 bits per heavy atom. The average molecular weight is 298 g/mol. The van der Waals surface area contributed by atoms with Crippen LogP contribution in [0, 0.1) is 0 Å². The molecular weight excluding hydrogens is 295 g/mol. The lowest BCUT2D eigenvalue weighted by atomic mass is 10.3. The van der Waals surface area contributed by atoms with Crippen LogP contribution in [0.2, 0.25) is 0 Å². The highest BCUT2D eigenvalue weighted by Gasteiger charge is 2.60. The van der Waals surface area contributed by atoms with Crippen LogP contribution in [-0.4, -0.2) is 12.0 Å². The van der Waals surface area contributed by atoms with Crippen molar-refractivity contribution in [3.8, 4) is 0 Å². The minimum Gasteiger partial charge on any atom is -0.432 e. The van der Waals surface area contributed by atoms with Crippen molar-refractivity contribution in [3.63, 3.8) is 0 Å². The highest BCUT2D eigenvalue weighted by molar-refractivity contribution is 14.1. The van der Waals surface area contributed by atoms with Crippen LogP contribution in [0.15, 0.2) is 9.78 Å². The van der Waals surface area contributed by atoms with Crippen molar-refractivity contribution in [1.29, 1.82) is 0 Å². The van der Waals surface area contributed by atoms with Crippen molar-refractivity contribution in [3.05, 3.63) is 9.78 Å². The molecule has 0 aromatic heterocycles. The first-order valence-electron chi connectivity index (χ1n) is 2.76. The highest BCUT2D eigenvalue weighted by atomic mass is 127. The molecule has 0 aliphatic carbocycles. The second kappa shape index (κ2) is 2.64. The molecule has 0 aromatic rings. The summed E-state index contributed by atoms with van der Waals surface area (Å²) in [5.41, 5.74) is 0. The maximum atomic E-state index is 12.4. The van der Waals surface area contributed by atoms with E-state index in [2.05, 4.69) is 9.47 Å². The van der Waals surface area contributed by atoms with Crippen molar-refractivity contribution in [1.82, 2.24) is 0 Å². The second-order valence-corrected chi connectivity index (χ2v) is 3.17. The average Bonchev–Trinajstić information content (AvgIpc) is 2.06. The molecule has 0 radical (unpaired) electrons. The van der Waals surface area contributed by atoms with E-state index in [1.165, 1.54) is 22.6 Å². The van der Waals surface area contributed by atoms with E-state index < -0.39 is 21.7 Å². The molecule has 0 spiro atoms. The predicted molar refractivity (Wildman–Crippen MR) is 38.8 cm³/mol. The van der Waals surface area contributed by atoms with Gasteiger partial charge < -0.3 is 9.47 Å². The summed E-state index contributed by atoms with van der Waals surface area (Å²) in [4.78, 5) is 0. The molecule has 70 valence electrons. The van der Waals surface area contributed by atoms with E-state index in [1.807, 2.05) is 0 Å². The first-order valence-corrected chi connectivity index (χ1v) is 3.84. The highest BCUT2D eigenvalue weighted by Crippen LogP contribution is 2.44. The lowest BCUT2D eigenvalue weighted by Gasteiger charge is -2.25. The molecule has 1 rings (SSSR count). The van der Waals surface area contributed by atoms with Gasteiger partial charge in [0, 0.05) is 29.5 Å². The smallest absolute Gasteiger partial charge is 0.432 e. The third-order valence-electron chi connectivity index (χ3n) is 1.24. The van der Waals surface area contributed by atoms with E-state index in [0.717, 1.165) is 0 Å². The van der Waals surface area contributed by atoms with Crippen LogP contribution < -0.4 is 0 Å². The van der Waals surface area contributed by atoms with E-state index in [4.69, 9.17) is 0 Å². The molecule has 0 N–H and O–H groups in total. The number of ether oxygens (including phenoxy) is 2. The molecule has 1 aliphatic rings. The van der Waals surface area contributed by atoms with Gasteiger partial charge in [0.25, 0.3) is 0 Å². The number of hydrogen-bond donors (Lipinski definition) is 0. The van der Waals surface area contributed by atoms with Crippen LogP contribution in [0.25, 0.3) is 0 Å². The van der Waals surface area contributed by atoms with Crippen LogP contribution in [-0.2, 0) is 9.47 Å². The Balaban J connectivity index is 2.84. The number of hydrogen-bond acceptors (Lipinski definition) is 2. The maximum absolute atomic E-state index is 12.4. The van der Waals surface area contributed by atoms with Crippen LogP contribution in [0.1, 0.15) is 6.92 Å². The van der Waals surface area contributed by atoms with Gasteiger partial charge in [-0.2, -0.15) is 17.6 Å². The van der Waals surface area contributed by atoms with Crippen molar-refractivity contribution in [2.45, 2.75) is 18.9 Å². The fourth-order valence-corrected chi connectivity index (χ4v) is 1.09. The molecule has 1 atom stereocenters. The molecule has 0 aromatic carbocycles. The van der Waals surface area contributed by atoms with Crippen LogP contribution in [0.4, 0.5) is 17.6 Å². The fraction of sp³-hybridized carbons (Fsp3) is 0.600. The molecule has 2 nitrogen and oxygen atoms in total. The summed E-state index contributed by atoms with van der Waals surface area (Å²) in [7, 11) is 0. The zero-order valence-electron chi connectivity index (χ0n) is 5.71. The third-order valence-corrected chi connectivity index (χ3v) is 1.88. The zero-order chi connectivity index (χ0) is 9.57. The summed E-state index contributed by atoms with van der Waals surface area (Å²) in [5.74, 6) is -2.88. The molecule has 0 bridgehead atoms. The Morgan fingerprint density at radius 2 is 1.83 bits per heavy atom. The standard InChI is InChI=1S/C5H3F4IO2/c1-4(5(7,8)9)11-2(6)3(10)12-4/h1H3. The first-order chi connectivity index (χ1) is 5.26. The van der Waals surface area contributed by atoms with Gasteiger partial charge in [-0.05, 0) is 0 Å². The lowest BCUT2D eigenvalue weighted by Crippen LogP contribution is -2.43. The van der Waals surface area contributed by atoms with E-state index in [1.54, 1.807) is 0 Å². The minimum atomic E-state index is -4.75. The predicted octanol–water partition coefficient (Wildman–Crippen LogP) is 2.84. The Morgan fingerprint density at radius 1 is 1.33 bits per heavy atom. The van der Waals surface area contributed by atoms with E-state index in [0.29, 0.717) is 6.92 Å². The summed E-state index contributed by atoms with van der Waals surface area (Å²) in [5, 5.41) is 0. The summed E-state index contributed by atoms with van der Waals surface area (Å²) in [6.07, 6.45) is -4.75. The molecule has 7 heteroatoms. The Bertz CT molecular complexity index is 220. The van der Waals surface area contributed by atoms with Gasteiger partial charge in [-0.15, -0.1) is 0 Å². The second-order valence-electron chi connectivity index (χ2n) is 2.19. The van der Waals surface area contributed by atoms with Gasteiger partial charge in [0.2, 0.25) is 3.77 Å². The van der Waals surface area contributed by atoms with Gasteiger partial charge in [-0.1, -0.05) is 0 Å². The normalized spacial score (nSPS) is 30.2. The quantitative estimate of drug-likeness (QED) is 0.506. The topological polar surface area (TPSA) is 18.5 Å².